The number of hydrogen-bond acceptors (Lipinski definition) is 3. The number of furan rings is 1. The number of ether oxygens (including phenoxy) is 1. The third kappa shape index (κ3) is 3.58. The molecule has 0 spiro atoms. The van der Waals surface area contributed by atoms with E-state index in [0.29, 0.717) is 0 Å². The van der Waals surface area contributed by atoms with E-state index in [-0.39, 0.29) is 12.1 Å². The van der Waals surface area contributed by atoms with Crippen molar-refractivity contribution in [2.45, 2.75) is 51.7 Å². The minimum atomic E-state index is -0.0903. The zero-order valence-corrected chi connectivity index (χ0v) is 10.8. The minimum absolute atomic E-state index is 0.0137. The largest absolute Gasteiger partial charge is 0.464 e. The van der Waals surface area contributed by atoms with E-state index in [1.165, 1.54) is 12.8 Å². The third-order valence-electron chi connectivity index (χ3n) is 3.42. The van der Waals surface area contributed by atoms with Crippen LogP contribution in [0.1, 0.15) is 50.2 Å². The van der Waals surface area contributed by atoms with Gasteiger partial charge in [0.1, 0.15) is 17.6 Å². The van der Waals surface area contributed by atoms with Gasteiger partial charge in [0.05, 0.1) is 0 Å². The Bertz CT molecular complexity index is 344. The highest BCUT2D eigenvalue weighted by molar-refractivity contribution is 5.10. The average Bonchev–Trinajstić information content (AvgIpc) is 3.05. The van der Waals surface area contributed by atoms with Crippen LogP contribution in [-0.4, -0.2) is 12.6 Å². The molecule has 2 atom stereocenters. The molecule has 0 saturated heterocycles. The summed E-state index contributed by atoms with van der Waals surface area (Å²) in [5, 5.41) is 0. The predicted molar refractivity (Wildman–Crippen MR) is 67.7 cm³/mol. The van der Waals surface area contributed by atoms with Gasteiger partial charge >= 0.3 is 0 Å². The van der Waals surface area contributed by atoms with Crippen molar-refractivity contribution in [3.8, 4) is 0 Å². The van der Waals surface area contributed by atoms with Crippen LogP contribution in [0.2, 0.25) is 0 Å². The molecule has 17 heavy (non-hydrogen) atoms. The summed E-state index contributed by atoms with van der Waals surface area (Å²) in [6.45, 7) is 4.82. The SMILES string of the molecule is CCC(N)C(OCCC1CC1)c1ccc(C)o1. The van der Waals surface area contributed by atoms with Crippen molar-refractivity contribution in [1.29, 1.82) is 0 Å². The lowest BCUT2D eigenvalue weighted by Gasteiger charge is -2.21. The molecule has 2 N–H and O–H groups in total. The second kappa shape index (κ2) is 5.69. The summed E-state index contributed by atoms with van der Waals surface area (Å²) in [4.78, 5) is 0. The van der Waals surface area contributed by atoms with Crippen LogP contribution in [0.25, 0.3) is 0 Å². The smallest absolute Gasteiger partial charge is 0.134 e. The van der Waals surface area contributed by atoms with Crippen LogP contribution in [0.5, 0.6) is 0 Å². The zero-order valence-electron chi connectivity index (χ0n) is 10.8. The molecule has 1 aliphatic rings. The Kier molecular flexibility index (Phi) is 4.24. The highest BCUT2D eigenvalue weighted by Crippen LogP contribution is 2.33. The fourth-order valence-electron chi connectivity index (χ4n) is 2.01. The van der Waals surface area contributed by atoms with Crippen LogP contribution in [0.4, 0.5) is 0 Å². The maximum Gasteiger partial charge on any atom is 0.134 e. The van der Waals surface area contributed by atoms with Gasteiger partial charge in [0.15, 0.2) is 0 Å². The Morgan fingerprint density at radius 2 is 2.24 bits per heavy atom. The number of nitrogens with two attached hydrogens (primary N) is 1. The fraction of sp³-hybridized carbons (Fsp3) is 0.714. The molecule has 96 valence electrons. The molecule has 1 saturated carbocycles. The molecule has 3 heteroatoms. The molecule has 0 bridgehead atoms. The summed E-state index contributed by atoms with van der Waals surface area (Å²) in [6.07, 6.45) is 4.70. The molecular weight excluding hydrogens is 214 g/mol. The summed E-state index contributed by atoms with van der Waals surface area (Å²) < 4.78 is 11.6. The molecule has 2 unspecified atom stereocenters. The van der Waals surface area contributed by atoms with Crippen LogP contribution in [-0.2, 0) is 4.74 Å². The Labute approximate surface area is 103 Å². The van der Waals surface area contributed by atoms with Crippen molar-refractivity contribution >= 4 is 0 Å². The van der Waals surface area contributed by atoms with Gasteiger partial charge in [-0.05, 0) is 37.8 Å². The van der Waals surface area contributed by atoms with Gasteiger partial charge in [-0.2, -0.15) is 0 Å². The normalized spacial score (nSPS) is 19.2. The molecule has 2 rings (SSSR count). The van der Waals surface area contributed by atoms with Crippen LogP contribution in [0, 0.1) is 12.8 Å². The Morgan fingerprint density at radius 3 is 2.76 bits per heavy atom. The van der Waals surface area contributed by atoms with Crippen LogP contribution >= 0.6 is 0 Å². The Morgan fingerprint density at radius 1 is 1.47 bits per heavy atom. The molecular formula is C14H23NO2. The quantitative estimate of drug-likeness (QED) is 0.792. The van der Waals surface area contributed by atoms with E-state index in [2.05, 4.69) is 6.92 Å². The molecule has 3 nitrogen and oxygen atoms in total. The Balaban J connectivity index is 1.91. The highest BCUT2D eigenvalue weighted by atomic mass is 16.5. The van der Waals surface area contributed by atoms with E-state index in [1.54, 1.807) is 0 Å². The molecule has 0 aromatic carbocycles. The first-order valence-electron chi connectivity index (χ1n) is 6.64. The van der Waals surface area contributed by atoms with Crippen LogP contribution in [0.15, 0.2) is 16.5 Å². The molecule has 1 aromatic rings. The van der Waals surface area contributed by atoms with E-state index >= 15 is 0 Å². The second-order valence-corrected chi connectivity index (χ2v) is 5.04. The molecule has 0 amide bonds. The van der Waals surface area contributed by atoms with E-state index in [1.807, 2.05) is 19.1 Å². The zero-order chi connectivity index (χ0) is 12.3. The van der Waals surface area contributed by atoms with Gasteiger partial charge in [-0.15, -0.1) is 0 Å². The highest BCUT2D eigenvalue weighted by Gasteiger charge is 2.25. The van der Waals surface area contributed by atoms with E-state index < -0.39 is 0 Å². The first kappa shape index (κ1) is 12.7. The summed E-state index contributed by atoms with van der Waals surface area (Å²) in [6, 6.07) is 3.96. The first-order valence-corrected chi connectivity index (χ1v) is 6.64. The number of hydrogen-bond donors (Lipinski definition) is 1. The van der Waals surface area contributed by atoms with Gasteiger partial charge in [-0.1, -0.05) is 19.8 Å². The minimum Gasteiger partial charge on any atom is -0.464 e. The predicted octanol–water partition coefficient (Wildman–Crippen LogP) is 3.18. The van der Waals surface area contributed by atoms with Crippen molar-refractivity contribution in [3.63, 3.8) is 0 Å². The summed E-state index contributed by atoms with van der Waals surface area (Å²) in [5.74, 6) is 2.68. The summed E-state index contributed by atoms with van der Waals surface area (Å²) in [7, 11) is 0. The van der Waals surface area contributed by atoms with E-state index in [4.69, 9.17) is 14.9 Å². The second-order valence-electron chi connectivity index (χ2n) is 5.04. The lowest BCUT2D eigenvalue weighted by atomic mass is 10.1. The molecule has 1 heterocycles. The molecule has 1 fully saturated rings. The summed E-state index contributed by atoms with van der Waals surface area (Å²) >= 11 is 0. The van der Waals surface area contributed by atoms with E-state index in [0.717, 1.165) is 36.9 Å². The molecule has 1 aromatic heterocycles. The molecule has 0 aliphatic heterocycles. The summed E-state index contributed by atoms with van der Waals surface area (Å²) in [5.41, 5.74) is 6.11. The van der Waals surface area contributed by atoms with Gasteiger partial charge in [-0.3, -0.25) is 0 Å². The van der Waals surface area contributed by atoms with Crippen molar-refractivity contribution < 1.29 is 9.15 Å². The van der Waals surface area contributed by atoms with Gasteiger partial charge in [0.25, 0.3) is 0 Å². The Hall–Kier alpha value is -0.800. The van der Waals surface area contributed by atoms with E-state index in [9.17, 15) is 0 Å². The van der Waals surface area contributed by atoms with Gasteiger partial charge < -0.3 is 14.9 Å². The van der Waals surface area contributed by atoms with Gasteiger partial charge in [0.2, 0.25) is 0 Å². The standard InChI is InChI=1S/C14H23NO2/c1-3-12(15)14(13-7-4-10(2)17-13)16-9-8-11-5-6-11/h4,7,11-12,14H,3,5-6,8-9,15H2,1-2H3. The lowest BCUT2D eigenvalue weighted by molar-refractivity contribution is 0.0155. The molecule has 1 aliphatic carbocycles. The molecule has 0 radical (unpaired) electrons. The third-order valence-corrected chi connectivity index (χ3v) is 3.42. The lowest BCUT2D eigenvalue weighted by Crippen LogP contribution is -2.29. The topological polar surface area (TPSA) is 48.4 Å². The monoisotopic (exact) mass is 237 g/mol. The number of aryl methyl sites for hydroxylation is 1. The first-order chi connectivity index (χ1) is 8.20. The van der Waals surface area contributed by atoms with Crippen molar-refractivity contribution in [1.82, 2.24) is 0 Å². The fourth-order valence-corrected chi connectivity index (χ4v) is 2.01. The van der Waals surface area contributed by atoms with Crippen LogP contribution < -0.4 is 5.73 Å². The van der Waals surface area contributed by atoms with Crippen molar-refractivity contribution in [3.05, 3.63) is 23.7 Å². The maximum atomic E-state index is 6.11. The van der Waals surface area contributed by atoms with Crippen LogP contribution in [0.3, 0.4) is 0 Å². The maximum absolute atomic E-state index is 6.11. The average molecular weight is 237 g/mol. The van der Waals surface area contributed by atoms with Gasteiger partial charge in [-0.25, -0.2) is 0 Å². The number of rotatable bonds is 7. The van der Waals surface area contributed by atoms with Crippen molar-refractivity contribution in [2.24, 2.45) is 11.7 Å². The van der Waals surface area contributed by atoms with Gasteiger partial charge in [0, 0.05) is 12.6 Å². The van der Waals surface area contributed by atoms with Crippen molar-refractivity contribution in [2.75, 3.05) is 6.61 Å².